The summed E-state index contributed by atoms with van der Waals surface area (Å²) in [5.41, 5.74) is 1.41. The van der Waals surface area contributed by atoms with Crippen LogP contribution in [-0.2, 0) is 4.74 Å². The van der Waals surface area contributed by atoms with Gasteiger partial charge in [0.15, 0.2) is 0 Å². The van der Waals surface area contributed by atoms with E-state index in [1.807, 2.05) is 30.4 Å². The molecule has 2 aliphatic carbocycles. The van der Waals surface area contributed by atoms with Gasteiger partial charge in [-0.1, -0.05) is 24.3 Å². The van der Waals surface area contributed by atoms with Crippen molar-refractivity contribution in [2.75, 3.05) is 6.54 Å². The molecule has 0 radical (unpaired) electrons. The third-order valence-corrected chi connectivity index (χ3v) is 6.94. The van der Waals surface area contributed by atoms with E-state index >= 15 is 0 Å². The molecule has 1 aromatic heterocycles. The number of alkyl carbamates (subject to hydrolysis) is 1. The van der Waals surface area contributed by atoms with E-state index in [-0.39, 0.29) is 36.4 Å². The van der Waals surface area contributed by atoms with Crippen molar-refractivity contribution in [3.05, 3.63) is 60.2 Å². The molecule has 31 heavy (non-hydrogen) atoms. The van der Waals surface area contributed by atoms with Crippen molar-refractivity contribution in [1.82, 2.24) is 10.3 Å². The van der Waals surface area contributed by atoms with Crippen LogP contribution >= 0.6 is 0 Å². The van der Waals surface area contributed by atoms with Crippen LogP contribution in [0.1, 0.15) is 31.4 Å². The molecular weight excluding hydrogens is 405 g/mol. The van der Waals surface area contributed by atoms with Crippen LogP contribution < -0.4 is 5.32 Å². The monoisotopic (exact) mass is 428 g/mol. The third kappa shape index (κ3) is 3.82. The number of alkyl halides is 2. The third-order valence-electron chi connectivity index (χ3n) is 6.94. The minimum atomic E-state index is -2.68. The molecule has 2 aromatic rings. The Labute approximate surface area is 178 Å². The predicted octanol–water partition coefficient (Wildman–Crippen LogP) is 5.45. The number of ether oxygens (including phenoxy) is 1. The highest BCUT2D eigenvalue weighted by atomic mass is 19.3. The molecule has 1 aliphatic heterocycles. The fourth-order valence-corrected chi connectivity index (χ4v) is 5.51. The maximum Gasteiger partial charge on any atom is 0.407 e. The molecule has 3 aliphatic rings. The summed E-state index contributed by atoms with van der Waals surface area (Å²) in [7, 11) is 0. The Kier molecular flexibility index (Phi) is 4.79. The number of halogens is 3. The van der Waals surface area contributed by atoms with E-state index in [9.17, 15) is 18.0 Å². The highest BCUT2D eigenvalue weighted by molar-refractivity contribution is 5.70. The zero-order valence-electron chi connectivity index (χ0n) is 16.9. The number of benzene rings is 1. The van der Waals surface area contributed by atoms with Gasteiger partial charge < -0.3 is 10.1 Å². The topological polar surface area (TPSA) is 51.2 Å². The second-order valence-corrected chi connectivity index (χ2v) is 8.90. The normalized spacial score (nSPS) is 31.6. The van der Waals surface area contributed by atoms with Crippen molar-refractivity contribution in [3.63, 3.8) is 0 Å². The number of rotatable bonds is 3. The highest BCUT2D eigenvalue weighted by Crippen LogP contribution is 2.57. The fourth-order valence-electron chi connectivity index (χ4n) is 5.51. The van der Waals surface area contributed by atoms with Crippen LogP contribution in [0.3, 0.4) is 0 Å². The Balaban J connectivity index is 1.40. The first-order valence-electron chi connectivity index (χ1n) is 10.6. The van der Waals surface area contributed by atoms with Crippen LogP contribution in [-0.4, -0.2) is 29.1 Å². The lowest BCUT2D eigenvalue weighted by Crippen LogP contribution is -2.39. The van der Waals surface area contributed by atoms with Gasteiger partial charge in [0.2, 0.25) is 5.92 Å². The fraction of sp³-hybridized carbons (Fsp3) is 0.417. The Hall–Kier alpha value is -2.83. The SMILES string of the molecule is O=C1NCC2(C[C@H]3CCC(F)(F)C[C@H]3[C@@H]2/C=C/c2ccc(-c3cccc(F)c3)cn2)O1. The quantitative estimate of drug-likeness (QED) is 0.707. The standard InChI is InChI=1S/C24H23F3N2O2/c25-18-3-1-2-15(10-18)17-4-5-19(28-13-17)6-7-21-20-12-24(26,27)9-8-16(20)11-23(21)14-29-22(30)31-23/h1-7,10,13,16,20-21H,8-9,11-12,14H2,(H,29,30)/b7-6+/t16-,20-,21+,23?/m1/s1. The van der Waals surface area contributed by atoms with Gasteiger partial charge in [0.1, 0.15) is 11.4 Å². The molecule has 2 heterocycles. The summed E-state index contributed by atoms with van der Waals surface area (Å²) in [5.74, 6) is -3.41. The predicted molar refractivity (Wildman–Crippen MR) is 110 cm³/mol. The molecule has 4 nitrogen and oxygen atoms in total. The Morgan fingerprint density at radius 2 is 2.03 bits per heavy atom. The molecule has 5 rings (SSSR count). The lowest BCUT2D eigenvalue weighted by molar-refractivity contribution is -0.0695. The molecular formula is C24H23F3N2O2. The summed E-state index contributed by atoms with van der Waals surface area (Å²) in [5, 5.41) is 2.71. The van der Waals surface area contributed by atoms with Crippen LogP contribution in [0.15, 0.2) is 48.7 Å². The van der Waals surface area contributed by atoms with Crippen LogP contribution in [0.4, 0.5) is 18.0 Å². The molecule has 1 saturated heterocycles. The number of aromatic nitrogens is 1. The zero-order chi connectivity index (χ0) is 21.6. The van der Waals surface area contributed by atoms with E-state index in [0.29, 0.717) is 25.1 Å². The number of nitrogens with one attached hydrogen (secondary N) is 1. The van der Waals surface area contributed by atoms with Crippen LogP contribution in [0, 0.1) is 23.6 Å². The zero-order valence-corrected chi connectivity index (χ0v) is 16.9. The lowest BCUT2D eigenvalue weighted by atomic mass is 9.75. The summed E-state index contributed by atoms with van der Waals surface area (Å²) in [6.45, 7) is 0.339. The van der Waals surface area contributed by atoms with Gasteiger partial charge in [0, 0.05) is 30.5 Å². The summed E-state index contributed by atoms with van der Waals surface area (Å²) in [6.07, 6.45) is 5.63. The molecule has 1 N–H and O–H groups in total. The second-order valence-electron chi connectivity index (χ2n) is 8.90. The molecule has 7 heteroatoms. The number of hydrogen-bond acceptors (Lipinski definition) is 3. The maximum atomic E-state index is 14.2. The number of pyridine rings is 1. The van der Waals surface area contributed by atoms with Crippen molar-refractivity contribution < 1.29 is 22.7 Å². The number of hydrogen-bond donors (Lipinski definition) is 1. The molecule has 3 fully saturated rings. The molecule has 1 unspecified atom stereocenters. The average Bonchev–Trinajstić information content (AvgIpc) is 3.25. The number of amides is 1. The van der Waals surface area contributed by atoms with Crippen molar-refractivity contribution in [3.8, 4) is 11.1 Å². The van der Waals surface area contributed by atoms with Crippen LogP contribution in [0.5, 0.6) is 0 Å². The number of carbonyl (C=O) groups is 1. The Bertz CT molecular complexity index is 1020. The molecule has 4 atom stereocenters. The Morgan fingerprint density at radius 3 is 2.74 bits per heavy atom. The van der Waals surface area contributed by atoms with Gasteiger partial charge in [0.05, 0.1) is 12.2 Å². The highest BCUT2D eigenvalue weighted by Gasteiger charge is 2.60. The van der Waals surface area contributed by atoms with Gasteiger partial charge in [-0.2, -0.15) is 0 Å². The number of nitrogens with zero attached hydrogens (tertiary/aromatic N) is 1. The van der Waals surface area contributed by atoms with Gasteiger partial charge in [-0.15, -0.1) is 0 Å². The average molecular weight is 428 g/mol. The van der Waals surface area contributed by atoms with Crippen molar-refractivity contribution in [1.29, 1.82) is 0 Å². The van der Waals surface area contributed by atoms with Gasteiger partial charge in [-0.05, 0) is 54.5 Å². The molecule has 162 valence electrons. The van der Waals surface area contributed by atoms with Gasteiger partial charge in [0.25, 0.3) is 0 Å². The smallest absolute Gasteiger partial charge is 0.407 e. The molecule has 2 saturated carbocycles. The van der Waals surface area contributed by atoms with E-state index in [2.05, 4.69) is 10.3 Å². The first-order chi connectivity index (χ1) is 14.8. The van der Waals surface area contributed by atoms with E-state index in [0.717, 1.165) is 11.1 Å². The van der Waals surface area contributed by atoms with E-state index in [4.69, 9.17) is 4.74 Å². The van der Waals surface area contributed by atoms with Gasteiger partial charge >= 0.3 is 6.09 Å². The number of carbonyl (C=O) groups excluding carboxylic acids is 1. The maximum absolute atomic E-state index is 14.2. The van der Waals surface area contributed by atoms with Crippen molar-refractivity contribution in [2.24, 2.45) is 17.8 Å². The Morgan fingerprint density at radius 1 is 1.16 bits per heavy atom. The minimum Gasteiger partial charge on any atom is -0.440 e. The summed E-state index contributed by atoms with van der Waals surface area (Å²) in [6, 6.07) is 9.94. The van der Waals surface area contributed by atoms with Gasteiger partial charge in [-0.25, -0.2) is 18.0 Å². The summed E-state index contributed by atoms with van der Waals surface area (Å²) < 4.78 is 47.5. The van der Waals surface area contributed by atoms with E-state index in [1.165, 1.54) is 12.1 Å². The lowest BCUT2D eigenvalue weighted by Gasteiger charge is -2.34. The first kappa shape index (κ1) is 20.1. The first-order valence-corrected chi connectivity index (χ1v) is 10.6. The van der Waals surface area contributed by atoms with E-state index in [1.54, 1.807) is 12.3 Å². The van der Waals surface area contributed by atoms with Crippen molar-refractivity contribution >= 4 is 12.2 Å². The molecule has 1 spiro atoms. The number of fused-ring (bicyclic) bond motifs is 1. The largest absolute Gasteiger partial charge is 0.440 e. The second kappa shape index (κ2) is 7.39. The summed E-state index contributed by atoms with van der Waals surface area (Å²) in [4.78, 5) is 16.2. The molecule has 1 aromatic carbocycles. The van der Waals surface area contributed by atoms with Gasteiger partial charge in [-0.3, -0.25) is 4.98 Å². The van der Waals surface area contributed by atoms with Crippen LogP contribution in [0.25, 0.3) is 17.2 Å². The van der Waals surface area contributed by atoms with Crippen molar-refractivity contribution in [2.45, 2.75) is 37.2 Å². The molecule has 1 amide bonds. The summed E-state index contributed by atoms with van der Waals surface area (Å²) >= 11 is 0. The minimum absolute atomic E-state index is 0.106. The molecule has 0 bridgehead atoms. The van der Waals surface area contributed by atoms with E-state index < -0.39 is 17.6 Å². The van der Waals surface area contributed by atoms with Crippen LogP contribution in [0.2, 0.25) is 0 Å².